The summed E-state index contributed by atoms with van der Waals surface area (Å²) < 4.78 is 0. The Kier molecular flexibility index (Phi) is 17.6. The fraction of sp³-hybridized carbons (Fsp3) is 0.905. The van der Waals surface area contributed by atoms with Crippen LogP contribution in [0.5, 0.6) is 0 Å². The lowest BCUT2D eigenvalue weighted by Crippen LogP contribution is -1.91. The van der Waals surface area contributed by atoms with E-state index in [1.165, 1.54) is 96.3 Å². The summed E-state index contributed by atoms with van der Waals surface area (Å²) in [7, 11) is 0. The predicted molar refractivity (Wildman–Crippen MR) is 98.9 cm³/mol. The first-order valence-corrected chi connectivity index (χ1v) is 9.92. The van der Waals surface area contributed by atoms with Gasteiger partial charge in [-0.05, 0) is 25.7 Å². The molecule has 0 aromatic heterocycles. The number of rotatable bonds is 16. The van der Waals surface area contributed by atoms with Crippen LogP contribution in [0, 0.1) is 5.92 Å². The van der Waals surface area contributed by atoms with E-state index in [1.807, 2.05) is 0 Å². The molecule has 0 fully saturated rings. The maximum atomic E-state index is 2.39. The Morgan fingerprint density at radius 1 is 0.667 bits per heavy atom. The van der Waals surface area contributed by atoms with Gasteiger partial charge in [-0.1, -0.05) is 109 Å². The van der Waals surface area contributed by atoms with Crippen molar-refractivity contribution in [3.05, 3.63) is 12.2 Å². The molecule has 0 bridgehead atoms. The second-order valence-electron chi connectivity index (χ2n) is 6.90. The van der Waals surface area contributed by atoms with Crippen molar-refractivity contribution >= 4 is 0 Å². The Bertz CT molecular complexity index is 204. The van der Waals surface area contributed by atoms with Gasteiger partial charge in [0.2, 0.25) is 0 Å². The van der Waals surface area contributed by atoms with Gasteiger partial charge >= 0.3 is 0 Å². The van der Waals surface area contributed by atoms with Crippen LogP contribution in [0.2, 0.25) is 0 Å². The maximum Gasteiger partial charge on any atom is -0.0351 e. The van der Waals surface area contributed by atoms with Crippen molar-refractivity contribution in [2.24, 2.45) is 5.92 Å². The standard InChI is InChI=1S/C21H42/c1-4-6-7-8-9-10-11-12-13-14-15-16-17-18-19-20-21(3)5-2/h4,6,21H,5,7-20H2,1-3H3/b6-4-. The van der Waals surface area contributed by atoms with Crippen LogP contribution in [0.3, 0.4) is 0 Å². The van der Waals surface area contributed by atoms with Gasteiger partial charge in [-0.2, -0.15) is 0 Å². The van der Waals surface area contributed by atoms with E-state index in [2.05, 4.69) is 32.9 Å². The molecule has 0 radical (unpaired) electrons. The van der Waals surface area contributed by atoms with Gasteiger partial charge in [0.25, 0.3) is 0 Å². The van der Waals surface area contributed by atoms with Gasteiger partial charge in [-0.3, -0.25) is 0 Å². The van der Waals surface area contributed by atoms with Crippen LogP contribution in [-0.4, -0.2) is 0 Å². The van der Waals surface area contributed by atoms with E-state index in [0.29, 0.717) is 0 Å². The quantitative estimate of drug-likeness (QED) is 0.199. The van der Waals surface area contributed by atoms with E-state index >= 15 is 0 Å². The molecule has 0 rings (SSSR count). The zero-order chi connectivity index (χ0) is 15.6. The van der Waals surface area contributed by atoms with Crippen molar-refractivity contribution in [3.8, 4) is 0 Å². The van der Waals surface area contributed by atoms with Gasteiger partial charge in [0.15, 0.2) is 0 Å². The second-order valence-corrected chi connectivity index (χ2v) is 6.90. The minimum Gasteiger partial charge on any atom is -0.0917 e. The van der Waals surface area contributed by atoms with Crippen LogP contribution >= 0.6 is 0 Å². The molecule has 1 atom stereocenters. The van der Waals surface area contributed by atoms with Gasteiger partial charge in [-0.15, -0.1) is 0 Å². The summed E-state index contributed by atoms with van der Waals surface area (Å²) in [5, 5.41) is 0. The third-order valence-corrected chi connectivity index (χ3v) is 4.75. The molecule has 0 aliphatic carbocycles. The molecule has 0 aromatic rings. The number of hydrogen-bond acceptors (Lipinski definition) is 0. The Morgan fingerprint density at radius 2 is 1.10 bits per heavy atom. The number of hydrogen-bond donors (Lipinski definition) is 0. The van der Waals surface area contributed by atoms with Crippen LogP contribution in [0.15, 0.2) is 12.2 Å². The number of unbranched alkanes of at least 4 members (excludes halogenated alkanes) is 12. The molecule has 21 heavy (non-hydrogen) atoms. The molecule has 0 spiro atoms. The second kappa shape index (κ2) is 17.8. The normalized spacial score (nSPS) is 13.1. The summed E-state index contributed by atoms with van der Waals surface area (Å²) in [4.78, 5) is 0. The molecule has 1 unspecified atom stereocenters. The van der Waals surface area contributed by atoms with Crippen molar-refractivity contribution in [3.63, 3.8) is 0 Å². The van der Waals surface area contributed by atoms with Crippen molar-refractivity contribution in [2.75, 3.05) is 0 Å². The van der Waals surface area contributed by atoms with E-state index in [1.54, 1.807) is 0 Å². The highest BCUT2D eigenvalue weighted by Crippen LogP contribution is 2.15. The zero-order valence-corrected chi connectivity index (χ0v) is 15.3. The molecule has 0 N–H and O–H groups in total. The van der Waals surface area contributed by atoms with Crippen LogP contribution in [0.1, 0.15) is 117 Å². The topological polar surface area (TPSA) is 0 Å². The smallest absolute Gasteiger partial charge is 0.0351 e. The van der Waals surface area contributed by atoms with Crippen LogP contribution in [0.4, 0.5) is 0 Å². The minimum absolute atomic E-state index is 0.947. The van der Waals surface area contributed by atoms with Crippen molar-refractivity contribution in [1.82, 2.24) is 0 Å². The molecule has 0 aliphatic heterocycles. The average molecular weight is 295 g/mol. The van der Waals surface area contributed by atoms with Gasteiger partial charge in [-0.25, -0.2) is 0 Å². The molecule has 0 aromatic carbocycles. The summed E-state index contributed by atoms with van der Waals surface area (Å²) in [6, 6.07) is 0. The zero-order valence-electron chi connectivity index (χ0n) is 15.3. The molecule has 0 heterocycles. The van der Waals surface area contributed by atoms with E-state index in [4.69, 9.17) is 0 Å². The minimum atomic E-state index is 0.947. The molecule has 0 heteroatoms. The van der Waals surface area contributed by atoms with Gasteiger partial charge in [0, 0.05) is 0 Å². The first-order valence-electron chi connectivity index (χ1n) is 9.92. The fourth-order valence-corrected chi connectivity index (χ4v) is 2.89. The lowest BCUT2D eigenvalue weighted by molar-refractivity contribution is 0.468. The van der Waals surface area contributed by atoms with Crippen LogP contribution < -0.4 is 0 Å². The average Bonchev–Trinajstić information content (AvgIpc) is 2.50. The summed E-state index contributed by atoms with van der Waals surface area (Å²) in [6.07, 6.45) is 26.1. The molecular weight excluding hydrogens is 252 g/mol. The summed E-state index contributed by atoms with van der Waals surface area (Å²) in [5.74, 6) is 0.947. The van der Waals surface area contributed by atoms with Crippen LogP contribution in [-0.2, 0) is 0 Å². The Balaban J connectivity index is 2.99. The third kappa shape index (κ3) is 17.7. The van der Waals surface area contributed by atoms with E-state index in [-0.39, 0.29) is 0 Å². The van der Waals surface area contributed by atoms with E-state index in [9.17, 15) is 0 Å². The SMILES string of the molecule is C/C=C\CCCCCCCCCCCCCCC(C)CC. The first-order chi connectivity index (χ1) is 10.3. The molecule has 126 valence electrons. The van der Waals surface area contributed by atoms with Crippen molar-refractivity contribution < 1.29 is 0 Å². The van der Waals surface area contributed by atoms with Crippen molar-refractivity contribution in [2.45, 2.75) is 117 Å². The van der Waals surface area contributed by atoms with E-state index < -0.39 is 0 Å². The third-order valence-electron chi connectivity index (χ3n) is 4.75. The predicted octanol–water partition coefficient (Wildman–Crippen LogP) is 8.07. The van der Waals surface area contributed by atoms with Crippen molar-refractivity contribution in [1.29, 1.82) is 0 Å². The highest BCUT2D eigenvalue weighted by atomic mass is 14.0. The van der Waals surface area contributed by atoms with Gasteiger partial charge in [0.05, 0.1) is 0 Å². The largest absolute Gasteiger partial charge is 0.0917 e. The molecular formula is C21H42. The fourth-order valence-electron chi connectivity index (χ4n) is 2.89. The summed E-state index contributed by atoms with van der Waals surface area (Å²) in [6.45, 7) is 6.82. The van der Waals surface area contributed by atoms with Gasteiger partial charge < -0.3 is 0 Å². The molecule has 0 aliphatic rings. The monoisotopic (exact) mass is 294 g/mol. The molecule has 0 amide bonds. The first kappa shape index (κ1) is 20.7. The Morgan fingerprint density at radius 3 is 1.52 bits per heavy atom. The maximum absolute atomic E-state index is 2.39. The van der Waals surface area contributed by atoms with E-state index in [0.717, 1.165) is 5.92 Å². The summed E-state index contributed by atoms with van der Waals surface area (Å²) >= 11 is 0. The summed E-state index contributed by atoms with van der Waals surface area (Å²) in [5.41, 5.74) is 0. The van der Waals surface area contributed by atoms with Gasteiger partial charge in [0.1, 0.15) is 0 Å². The number of allylic oxidation sites excluding steroid dienone is 2. The van der Waals surface area contributed by atoms with Crippen LogP contribution in [0.25, 0.3) is 0 Å². The lowest BCUT2D eigenvalue weighted by atomic mass is 9.99. The Hall–Kier alpha value is -0.260. The molecule has 0 nitrogen and oxygen atoms in total. The Labute approximate surface area is 135 Å². The highest BCUT2D eigenvalue weighted by molar-refractivity contribution is 4.76. The molecule has 0 saturated carbocycles. The highest BCUT2D eigenvalue weighted by Gasteiger charge is 1.98. The lowest BCUT2D eigenvalue weighted by Gasteiger charge is -2.07. The molecule has 0 saturated heterocycles.